The monoisotopic (exact) mass is 465 g/mol. The maximum absolute atomic E-state index is 13.3. The topological polar surface area (TPSA) is 62.9 Å². The molecule has 3 aromatic carbocycles. The van der Waals surface area contributed by atoms with Crippen molar-refractivity contribution >= 4 is 17.1 Å². The third-order valence-electron chi connectivity index (χ3n) is 8.30. The van der Waals surface area contributed by atoms with Crippen LogP contribution in [-0.4, -0.2) is 34.8 Å². The van der Waals surface area contributed by atoms with Crippen LogP contribution in [0.5, 0.6) is 0 Å². The molecule has 5 heteroatoms. The minimum Gasteiger partial charge on any atom is -0.464 e. The van der Waals surface area contributed by atoms with Gasteiger partial charge in [0.1, 0.15) is 12.2 Å². The van der Waals surface area contributed by atoms with E-state index in [-0.39, 0.29) is 24.1 Å². The van der Waals surface area contributed by atoms with E-state index in [0.717, 1.165) is 29.4 Å². The first-order valence-electron chi connectivity index (χ1n) is 12.4. The number of carbonyl (C=O) groups is 1. The van der Waals surface area contributed by atoms with Crippen LogP contribution < -0.4 is 0 Å². The lowest BCUT2D eigenvalue weighted by Gasteiger charge is -2.43. The van der Waals surface area contributed by atoms with Crippen LogP contribution >= 0.6 is 0 Å². The fourth-order valence-corrected chi connectivity index (χ4v) is 6.68. The number of hydrogen-bond donors (Lipinski definition) is 1. The fraction of sp³-hybridized carbons (Fsp3) is 0.300. The fourth-order valence-electron chi connectivity index (χ4n) is 6.68. The maximum atomic E-state index is 13.3. The molecule has 3 aliphatic rings. The Labute approximate surface area is 203 Å². The summed E-state index contributed by atoms with van der Waals surface area (Å²) in [5.74, 6) is 0.0485. The zero-order chi connectivity index (χ0) is 23.6. The smallest absolute Gasteiger partial charge is 0.410 e. The number of hydrogen-bond acceptors (Lipinski definition) is 4. The van der Waals surface area contributed by atoms with Crippen LogP contribution in [0.2, 0.25) is 0 Å². The third-order valence-corrected chi connectivity index (χ3v) is 8.30. The van der Waals surface area contributed by atoms with Crippen LogP contribution in [0.4, 0.5) is 4.79 Å². The zero-order valence-electron chi connectivity index (χ0n) is 19.4. The second-order valence-electron chi connectivity index (χ2n) is 10.2. The first-order chi connectivity index (χ1) is 17.1. The van der Waals surface area contributed by atoms with Crippen LogP contribution in [0, 0.1) is 0 Å². The Morgan fingerprint density at radius 2 is 1.60 bits per heavy atom. The second kappa shape index (κ2) is 7.72. The minimum absolute atomic E-state index is 0.0190. The van der Waals surface area contributed by atoms with Gasteiger partial charge in [-0.2, -0.15) is 0 Å². The molecule has 1 aliphatic carbocycles. The van der Waals surface area contributed by atoms with Crippen LogP contribution in [0.3, 0.4) is 0 Å². The van der Waals surface area contributed by atoms with Crippen molar-refractivity contribution in [3.63, 3.8) is 0 Å². The van der Waals surface area contributed by atoms with E-state index in [1.54, 1.807) is 6.26 Å². The van der Waals surface area contributed by atoms with Crippen molar-refractivity contribution in [1.82, 2.24) is 4.90 Å². The first-order valence-corrected chi connectivity index (χ1v) is 12.4. The van der Waals surface area contributed by atoms with Gasteiger partial charge < -0.3 is 19.2 Å². The number of ether oxygens (including phenoxy) is 1. The number of aliphatic hydroxyl groups is 1. The van der Waals surface area contributed by atoms with Gasteiger partial charge in [-0.05, 0) is 58.9 Å². The summed E-state index contributed by atoms with van der Waals surface area (Å²) in [6.07, 6.45) is 4.25. The van der Waals surface area contributed by atoms with Gasteiger partial charge in [0.15, 0.2) is 0 Å². The molecule has 4 aromatic rings. The van der Waals surface area contributed by atoms with Crippen molar-refractivity contribution in [2.24, 2.45) is 0 Å². The molecule has 0 spiro atoms. The lowest BCUT2D eigenvalue weighted by atomic mass is 9.80. The second-order valence-corrected chi connectivity index (χ2v) is 10.2. The highest BCUT2D eigenvalue weighted by Gasteiger charge is 2.50. The van der Waals surface area contributed by atoms with Gasteiger partial charge >= 0.3 is 6.09 Å². The molecule has 2 bridgehead atoms. The molecule has 176 valence electrons. The molecule has 0 radical (unpaired) electrons. The lowest BCUT2D eigenvalue weighted by Crippen LogP contribution is -2.52. The minimum atomic E-state index is -0.947. The van der Waals surface area contributed by atoms with Crippen molar-refractivity contribution < 1.29 is 19.1 Å². The van der Waals surface area contributed by atoms with Gasteiger partial charge in [0.2, 0.25) is 0 Å². The van der Waals surface area contributed by atoms with E-state index in [1.807, 2.05) is 41.3 Å². The third kappa shape index (κ3) is 3.22. The summed E-state index contributed by atoms with van der Waals surface area (Å²) in [4.78, 5) is 15.2. The number of rotatable bonds is 3. The molecule has 1 amide bonds. The summed E-state index contributed by atoms with van der Waals surface area (Å²) < 4.78 is 11.4. The van der Waals surface area contributed by atoms with Gasteiger partial charge in [0.05, 0.1) is 11.9 Å². The van der Waals surface area contributed by atoms with Gasteiger partial charge in [-0.25, -0.2) is 4.79 Å². The van der Waals surface area contributed by atoms with E-state index in [0.29, 0.717) is 19.4 Å². The predicted octanol–water partition coefficient (Wildman–Crippen LogP) is 6.20. The number of carbonyl (C=O) groups excluding carboxylic acids is 1. The molecule has 2 saturated heterocycles. The molecule has 0 saturated carbocycles. The summed E-state index contributed by atoms with van der Waals surface area (Å²) in [5.41, 5.74) is 5.65. The average Bonchev–Trinajstić information content (AvgIpc) is 3.55. The number of piperidine rings is 1. The van der Waals surface area contributed by atoms with E-state index in [9.17, 15) is 9.90 Å². The Balaban J connectivity index is 1.09. The van der Waals surface area contributed by atoms with Crippen molar-refractivity contribution in [3.8, 4) is 11.1 Å². The molecule has 7 rings (SSSR count). The van der Waals surface area contributed by atoms with Crippen molar-refractivity contribution in [2.45, 2.75) is 49.3 Å². The van der Waals surface area contributed by atoms with E-state index in [4.69, 9.17) is 9.15 Å². The van der Waals surface area contributed by atoms with E-state index < -0.39 is 5.60 Å². The summed E-state index contributed by atoms with van der Waals surface area (Å²) in [5, 5.41) is 12.6. The highest BCUT2D eigenvalue weighted by molar-refractivity contribution is 5.79. The van der Waals surface area contributed by atoms with Gasteiger partial charge in [-0.3, -0.25) is 0 Å². The standard InChI is InChI=1S/C30H27NO4/c32-29(35-18-27-25-7-3-1-5-23(25)24-6-2-4-8-26(24)27)31-21-10-11-22(31)17-30(33,16-21)20-9-12-28-19(15-20)13-14-34-28/h1-9,12-15,21-22,27,33H,10-11,16-18H2. The van der Waals surface area contributed by atoms with Gasteiger partial charge in [-0.15, -0.1) is 0 Å². The highest BCUT2D eigenvalue weighted by atomic mass is 16.6. The molecule has 35 heavy (non-hydrogen) atoms. The molecule has 2 atom stereocenters. The molecule has 2 aliphatic heterocycles. The lowest BCUT2D eigenvalue weighted by molar-refractivity contribution is -0.0530. The molecule has 2 unspecified atom stereocenters. The molecule has 5 nitrogen and oxygen atoms in total. The van der Waals surface area contributed by atoms with Crippen LogP contribution in [0.1, 0.15) is 48.3 Å². The molecule has 1 aromatic heterocycles. The van der Waals surface area contributed by atoms with Crippen LogP contribution in [0.25, 0.3) is 22.1 Å². The van der Waals surface area contributed by atoms with E-state index in [1.165, 1.54) is 22.3 Å². The van der Waals surface area contributed by atoms with Gasteiger partial charge in [0, 0.05) is 36.2 Å². The largest absolute Gasteiger partial charge is 0.464 e. The van der Waals surface area contributed by atoms with Crippen LogP contribution in [0.15, 0.2) is 83.5 Å². The average molecular weight is 466 g/mol. The summed E-state index contributed by atoms with van der Waals surface area (Å²) in [6.45, 7) is 0.324. The van der Waals surface area contributed by atoms with Crippen LogP contribution in [-0.2, 0) is 10.3 Å². The SMILES string of the molecule is O=C(OCC1c2ccccc2-c2ccccc21)N1C2CCC1CC(O)(c1ccc3occc3c1)C2. The number of amides is 1. The Morgan fingerprint density at radius 1 is 0.943 bits per heavy atom. The molecule has 3 heterocycles. The quantitative estimate of drug-likeness (QED) is 0.392. The zero-order valence-corrected chi connectivity index (χ0v) is 19.4. The molecular formula is C30H27NO4. The summed E-state index contributed by atoms with van der Waals surface area (Å²) >= 11 is 0. The Bertz CT molecular complexity index is 1380. The molecule has 2 fully saturated rings. The van der Waals surface area contributed by atoms with Crippen molar-refractivity contribution in [1.29, 1.82) is 0 Å². The number of furan rings is 1. The number of fused-ring (bicyclic) bond motifs is 6. The first kappa shape index (κ1) is 20.8. The molecule has 1 N–H and O–H groups in total. The van der Waals surface area contributed by atoms with Gasteiger partial charge in [-0.1, -0.05) is 54.6 Å². The summed E-state index contributed by atoms with van der Waals surface area (Å²) in [6, 6.07) is 24.5. The Hall–Kier alpha value is -3.57. The number of nitrogens with zero attached hydrogens (tertiary/aromatic N) is 1. The maximum Gasteiger partial charge on any atom is 0.410 e. The normalized spacial score (nSPS) is 25.0. The van der Waals surface area contributed by atoms with Gasteiger partial charge in [0.25, 0.3) is 0 Å². The number of benzene rings is 3. The van der Waals surface area contributed by atoms with Crippen molar-refractivity contribution in [3.05, 3.63) is 95.7 Å². The highest BCUT2D eigenvalue weighted by Crippen LogP contribution is 2.47. The Morgan fingerprint density at radius 3 is 2.29 bits per heavy atom. The van der Waals surface area contributed by atoms with E-state index in [2.05, 4.69) is 36.4 Å². The Kier molecular flexibility index (Phi) is 4.58. The predicted molar refractivity (Wildman–Crippen MR) is 133 cm³/mol. The summed E-state index contributed by atoms with van der Waals surface area (Å²) in [7, 11) is 0. The molecular weight excluding hydrogens is 438 g/mol. The van der Waals surface area contributed by atoms with E-state index >= 15 is 0 Å². The van der Waals surface area contributed by atoms with Crippen molar-refractivity contribution in [2.75, 3.05) is 6.61 Å².